The zero-order valence-corrected chi connectivity index (χ0v) is 18.6. The smallest absolute Gasteiger partial charge is 0.335 e. The highest BCUT2D eigenvalue weighted by Crippen LogP contribution is 2.26. The summed E-state index contributed by atoms with van der Waals surface area (Å²) in [6.07, 6.45) is 1.61. The Bertz CT molecular complexity index is 1010. The Kier molecular flexibility index (Phi) is 7.75. The molecule has 30 heavy (non-hydrogen) atoms. The number of aromatic carboxylic acids is 1. The third-order valence-corrected chi connectivity index (χ3v) is 6.50. The molecule has 2 rings (SSSR count). The number of nitrogens with zero attached hydrogens (tertiary/aromatic N) is 2. The third-order valence-electron chi connectivity index (χ3n) is 4.67. The minimum absolute atomic E-state index is 0.00814. The van der Waals surface area contributed by atoms with Crippen molar-refractivity contribution in [3.05, 3.63) is 53.6 Å². The second-order valence-corrected chi connectivity index (χ2v) is 9.36. The maximum absolute atomic E-state index is 13.0. The average Bonchev–Trinajstić information content (AvgIpc) is 2.72. The van der Waals surface area contributed by atoms with Gasteiger partial charge in [0.2, 0.25) is 10.0 Å². The van der Waals surface area contributed by atoms with Gasteiger partial charge in [-0.1, -0.05) is 26.0 Å². The van der Waals surface area contributed by atoms with E-state index in [-0.39, 0.29) is 16.4 Å². The molecular formula is C22H28N2O5S. The molecule has 2 aromatic rings. The van der Waals surface area contributed by atoms with Crippen LogP contribution < -0.4 is 0 Å². The minimum Gasteiger partial charge on any atom is -0.478 e. The van der Waals surface area contributed by atoms with Crippen LogP contribution in [0.15, 0.2) is 47.4 Å². The lowest BCUT2D eigenvalue weighted by molar-refractivity contribution is 0.0697. The highest BCUT2D eigenvalue weighted by molar-refractivity contribution is 7.89. The number of rotatable bonds is 9. The summed E-state index contributed by atoms with van der Waals surface area (Å²) in [4.78, 5) is 26.5. The van der Waals surface area contributed by atoms with Crippen molar-refractivity contribution in [1.82, 2.24) is 9.21 Å². The molecule has 162 valence electrons. The average molecular weight is 433 g/mol. The topological polar surface area (TPSA) is 95.0 Å². The molecule has 8 heteroatoms. The Labute approximate surface area is 178 Å². The molecule has 2 aromatic carbocycles. The molecule has 7 nitrogen and oxygen atoms in total. The minimum atomic E-state index is -3.56. The fraction of sp³-hybridized carbons (Fsp3) is 0.364. The second-order valence-electron chi connectivity index (χ2n) is 7.21. The van der Waals surface area contributed by atoms with Crippen LogP contribution in [0.2, 0.25) is 0 Å². The maximum atomic E-state index is 13.0. The van der Waals surface area contributed by atoms with Crippen LogP contribution in [0.25, 0.3) is 11.1 Å². The number of sulfonamides is 1. The number of carbonyl (C=O) groups is 2. The highest BCUT2D eigenvalue weighted by Gasteiger charge is 2.19. The number of carboxylic acids is 1. The molecule has 1 amide bonds. The maximum Gasteiger partial charge on any atom is 0.335 e. The first-order valence-electron chi connectivity index (χ1n) is 9.82. The number of benzene rings is 2. The van der Waals surface area contributed by atoms with Gasteiger partial charge >= 0.3 is 5.97 Å². The van der Waals surface area contributed by atoms with E-state index in [0.29, 0.717) is 29.8 Å². The monoisotopic (exact) mass is 432 g/mol. The van der Waals surface area contributed by atoms with Crippen LogP contribution in [0.1, 0.15) is 47.4 Å². The van der Waals surface area contributed by atoms with E-state index in [2.05, 4.69) is 0 Å². The van der Waals surface area contributed by atoms with E-state index >= 15 is 0 Å². The van der Waals surface area contributed by atoms with Gasteiger partial charge in [0.15, 0.2) is 0 Å². The van der Waals surface area contributed by atoms with Gasteiger partial charge in [-0.2, -0.15) is 0 Å². The number of amides is 1. The molecule has 0 aliphatic rings. The summed E-state index contributed by atoms with van der Waals surface area (Å²) >= 11 is 0. The van der Waals surface area contributed by atoms with Crippen molar-refractivity contribution in [1.29, 1.82) is 0 Å². The van der Waals surface area contributed by atoms with Crippen molar-refractivity contribution in [2.24, 2.45) is 0 Å². The zero-order valence-electron chi connectivity index (χ0n) is 17.8. The highest BCUT2D eigenvalue weighted by atomic mass is 32.2. The van der Waals surface area contributed by atoms with Crippen molar-refractivity contribution in [2.75, 3.05) is 27.2 Å². The Morgan fingerprint density at radius 1 is 0.867 bits per heavy atom. The summed E-state index contributed by atoms with van der Waals surface area (Å²) < 4.78 is 25.7. The summed E-state index contributed by atoms with van der Waals surface area (Å²) in [5, 5.41) is 9.51. The first kappa shape index (κ1) is 23.6. The molecule has 0 heterocycles. The van der Waals surface area contributed by atoms with Gasteiger partial charge in [0.1, 0.15) is 0 Å². The summed E-state index contributed by atoms with van der Waals surface area (Å²) in [5.41, 5.74) is 1.48. The normalized spacial score (nSPS) is 11.5. The van der Waals surface area contributed by atoms with Crippen LogP contribution in [0.4, 0.5) is 0 Å². The van der Waals surface area contributed by atoms with Crippen LogP contribution in [0.5, 0.6) is 0 Å². The molecule has 0 aliphatic carbocycles. The molecule has 0 radical (unpaired) electrons. The van der Waals surface area contributed by atoms with Gasteiger partial charge in [-0.05, 0) is 54.3 Å². The van der Waals surface area contributed by atoms with Crippen molar-refractivity contribution < 1.29 is 23.1 Å². The van der Waals surface area contributed by atoms with Gasteiger partial charge in [-0.3, -0.25) is 4.79 Å². The van der Waals surface area contributed by atoms with Gasteiger partial charge in [0.05, 0.1) is 10.5 Å². The van der Waals surface area contributed by atoms with Gasteiger partial charge < -0.3 is 10.0 Å². The van der Waals surface area contributed by atoms with Crippen LogP contribution in [-0.2, 0) is 10.0 Å². The van der Waals surface area contributed by atoms with Gasteiger partial charge in [0.25, 0.3) is 5.91 Å². The molecule has 0 atom stereocenters. The molecule has 0 saturated heterocycles. The van der Waals surface area contributed by atoms with Crippen molar-refractivity contribution in [3.63, 3.8) is 0 Å². The molecule has 0 fully saturated rings. The Morgan fingerprint density at radius 2 is 1.40 bits per heavy atom. The van der Waals surface area contributed by atoms with Crippen molar-refractivity contribution in [3.8, 4) is 11.1 Å². The van der Waals surface area contributed by atoms with Gasteiger partial charge in [-0.25, -0.2) is 17.5 Å². The van der Waals surface area contributed by atoms with E-state index in [1.807, 2.05) is 13.8 Å². The molecule has 0 saturated carbocycles. The van der Waals surface area contributed by atoms with Crippen LogP contribution in [0.3, 0.4) is 0 Å². The fourth-order valence-electron chi connectivity index (χ4n) is 3.11. The van der Waals surface area contributed by atoms with E-state index in [1.54, 1.807) is 23.1 Å². The van der Waals surface area contributed by atoms with Gasteiger partial charge in [0, 0.05) is 32.7 Å². The van der Waals surface area contributed by atoms with E-state index in [9.17, 15) is 23.1 Å². The molecule has 0 aromatic heterocycles. The second kappa shape index (κ2) is 9.86. The predicted molar refractivity (Wildman–Crippen MR) is 116 cm³/mol. The van der Waals surface area contributed by atoms with Crippen molar-refractivity contribution in [2.45, 2.75) is 31.6 Å². The van der Waals surface area contributed by atoms with E-state index in [1.165, 1.54) is 38.4 Å². The lowest BCUT2D eigenvalue weighted by atomic mass is 9.99. The standard InChI is InChI=1S/C22H28N2O5S/c1-5-11-24(12-6-2)21(25)18-13-17(14-19(15-18)22(26)27)16-7-9-20(10-8-16)30(28,29)23(3)4/h7-10,13-15H,5-6,11-12H2,1-4H3,(H,26,27). The van der Waals surface area contributed by atoms with E-state index in [0.717, 1.165) is 17.1 Å². The molecule has 0 aliphatic heterocycles. The van der Waals surface area contributed by atoms with E-state index < -0.39 is 16.0 Å². The number of carbonyl (C=O) groups excluding carboxylic acids is 1. The Balaban J connectivity index is 2.51. The third kappa shape index (κ3) is 5.25. The number of carboxylic acid groups (broad SMARTS) is 1. The molecule has 0 bridgehead atoms. The Morgan fingerprint density at radius 3 is 1.87 bits per heavy atom. The van der Waals surface area contributed by atoms with Crippen LogP contribution in [0, 0.1) is 0 Å². The lowest BCUT2D eigenvalue weighted by Gasteiger charge is -2.22. The predicted octanol–water partition coefficient (Wildman–Crippen LogP) is 3.56. The Hall–Kier alpha value is -2.71. The molecule has 1 N–H and O–H groups in total. The summed E-state index contributed by atoms with van der Waals surface area (Å²) in [5.74, 6) is -1.34. The molecular weight excluding hydrogens is 404 g/mol. The number of hydrogen-bond donors (Lipinski definition) is 1. The summed E-state index contributed by atoms with van der Waals surface area (Å²) in [6, 6.07) is 10.7. The van der Waals surface area contributed by atoms with Crippen LogP contribution >= 0.6 is 0 Å². The van der Waals surface area contributed by atoms with Crippen LogP contribution in [-0.4, -0.2) is 61.8 Å². The summed E-state index contributed by atoms with van der Waals surface area (Å²) in [6.45, 7) is 5.16. The largest absolute Gasteiger partial charge is 0.478 e. The van der Waals surface area contributed by atoms with Gasteiger partial charge in [-0.15, -0.1) is 0 Å². The molecule has 0 unspecified atom stereocenters. The molecule has 0 spiro atoms. The fourth-order valence-corrected chi connectivity index (χ4v) is 4.01. The zero-order chi connectivity index (χ0) is 22.5. The quantitative estimate of drug-likeness (QED) is 0.654. The van der Waals surface area contributed by atoms with E-state index in [4.69, 9.17) is 0 Å². The first-order chi connectivity index (χ1) is 14.1. The van der Waals surface area contributed by atoms with Crippen molar-refractivity contribution >= 4 is 21.9 Å². The lowest BCUT2D eigenvalue weighted by Crippen LogP contribution is -2.32. The number of hydrogen-bond acceptors (Lipinski definition) is 4. The first-order valence-corrected chi connectivity index (χ1v) is 11.3. The summed E-state index contributed by atoms with van der Waals surface area (Å²) in [7, 11) is -0.656. The SMILES string of the molecule is CCCN(CCC)C(=O)c1cc(C(=O)O)cc(-c2ccc(S(=O)(=O)N(C)C)cc2)c1.